The molecule has 0 aliphatic heterocycles. The Morgan fingerprint density at radius 3 is 1.00 bits per heavy atom. The zero-order chi connectivity index (χ0) is 6.28. The molecule has 0 aromatic heterocycles. The lowest BCUT2D eigenvalue weighted by atomic mass is 11.9. The molecular weight excluding hydrogens is 219 g/mol. The van der Waals surface area contributed by atoms with Crippen LogP contribution in [-0.4, -0.2) is 28.6 Å². The second-order valence-electron chi connectivity index (χ2n) is 1.60. The summed E-state index contributed by atoms with van der Waals surface area (Å²) in [5, 5.41) is 0. The maximum Gasteiger partial charge on any atom is 0.261 e. The molecular formula is C5H15IS+2. The summed E-state index contributed by atoms with van der Waals surface area (Å²) in [7, 11) is 0.639. The van der Waals surface area contributed by atoms with E-state index >= 15 is 0 Å². The van der Waals surface area contributed by atoms with E-state index in [0.29, 0.717) is 32.1 Å². The Balaban J connectivity index is 0. The quantitative estimate of drug-likeness (QED) is 0.254. The molecule has 0 aliphatic carbocycles. The molecule has 0 saturated carbocycles. The summed E-state index contributed by atoms with van der Waals surface area (Å²) >= 11 is 0.590. The van der Waals surface area contributed by atoms with Gasteiger partial charge in [0.25, 0.3) is 21.2 Å². The maximum absolute atomic E-state index is 2.24. The van der Waals surface area contributed by atoms with Crippen molar-refractivity contribution in [2.75, 3.05) is 28.6 Å². The predicted octanol–water partition coefficient (Wildman–Crippen LogP) is -2.17. The predicted molar refractivity (Wildman–Crippen MR) is 37.0 cm³/mol. The van der Waals surface area contributed by atoms with Crippen LogP contribution >= 0.6 is 0 Å². The van der Waals surface area contributed by atoms with Crippen molar-refractivity contribution in [1.29, 1.82) is 0 Å². The highest BCUT2D eigenvalue weighted by Crippen LogP contribution is 1.63. The van der Waals surface area contributed by atoms with Crippen LogP contribution in [0.4, 0.5) is 0 Å². The second-order valence-corrected chi connectivity index (χ2v) is 6.21. The van der Waals surface area contributed by atoms with Gasteiger partial charge in [0.2, 0.25) is 0 Å². The lowest BCUT2D eigenvalue weighted by Gasteiger charge is -1.69. The van der Waals surface area contributed by atoms with Crippen molar-refractivity contribution in [2.24, 2.45) is 0 Å². The molecule has 0 rings (SSSR count). The van der Waals surface area contributed by atoms with Crippen LogP contribution in [0, 0.1) is 0 Å². The van der Waals surface area contributed by atoms with Crippen LogP contribution in [-0.2, 0) is 10.9 Å². The van der Waals surface area contributed by atoms with Gasteiger partial charge in [-0.1, -0.05) is 0 Å². The number of alkyl halides is 2. The third-order valence-corrected chi connectivity index (χ3v) is 0. The minimum absolute atomic E-state index is 0.590. The van der Waals surface area contributed by atoms with Crippen LogP contribution in [0.5, 0.6) is 0 Å². The minimum atomic E-state index is 0.590. The van der Waals surface area contributed by atoms with Gasteiger partial charge >= 0.3 is 0 Å². The molecule has 0 aliphatic rings. The summed E-state index contributed by atoms with van der Waals surface area (Å²) < 4.78 is 0. The summed E-state index contributed by atoms with van der Waals surface area (Å²) in [4.78, 5) is 4.47. The highest BCUT2D eigenvalue weighted by Gasteiger charge is 1.77. The van der Waals surface area contributed by atoms with Gasteiger partial charge in [0.05, 0.1) is 18.8 Å². The molecule has 0 amide bonds. The average Bonchev–Trinajstić information content (AvgIpc) is 1.33. The third kappa shape index (κ3) is 157. The molecule has 0 aromatic carbocycles. The van der Waals surface area contributed by atoms with Crippen LogP contribution in [0.25, 0.3) is 0 Å². The van der Waals surface area contributed by atoms with Crippen LogP contribution in [0.3, 0.4) is 0 Å². The molecule has 2 heteroatoms. The van der Waals surface area contributed by atoms with E-state index in [2.05, 4.69) is 28.6 Å². The molecule has 46 valence electrons. The normalized spacial score (nSPS) is 7.71. The first-order valence-electron chi connectivity index (χ1n) is 1.98. The Morgan fingerprint density at radius 1 is 1.00 bits per heavy atom. The van der Waals surface area contributed by atoms with Crippen molar-refractivity contribution in [3.63, 3.8) is 0 Å². The monoisotopic (exact) mass is 234 g/mol. The Hall–Kier alpha value is 1.08. The van der Waals surface area contributed by atoms with Crippen molar-refractivity contribution in [3.05, 3.63) is 0 Å². The zero-order valence-corrected chi connectivity index (χ0v) is 8.76. The molecule has 0 aromatic rings. The second kappa shape index (κ2) is 10.1. The van der Waals surface area contributed by atoms with Gasteiger partial charge in [0, 0.05) is 0 Å². The third-order valence-electron chi connectivity index (χ3n) is 0. The minimum Gasteiger partial charge on any atom is -0.0219 e. The molecule has 0 radical (unpaired) electrons. The standard InChI is InChI=1S/C3H9S.C2H6I/c1-4(2)3;1-3-2/h1-3H3;1-2H3/q2*+1. The highest BCUT2D eigenvalue weighted by atomic mass is 127. The van der Waals surface area contributed by atoms with Gasteiger partial charge in [0.15, 0.2) is 0 Å². The lowest BCUT2D eigenvalue weighted by Crippen LogP contribution is -3.59. The highest BCUT2D eigenvalue weighted by molar-refractivity contribution is 7.94. The van der Waals surface area contributed by atoms with Gasteiger partial charge < -0.3 is 0 Å². The van der Waals surface area contributed by atoms with Crippen LogP contribution in [0.1, 0.15) is 0 Å². The molecule has 0 bridgehead atoms. The van der Waals surface area contributed by atoms with Gasteiger partial charge in [0.1, 0.15) is 9.86 Å². The Kier molecular flexibility index (Phi) is 15.9. The van der Waals surface area contributed by atoms with E-state index in [4.69, 9.17) is 0 Å². The smallest absolute Gasteiger partial charge is 0.0219 e. The molecule has 0 atom stereocenters. The fourth-order valence-electron chi connectivity index (χ4n) is 0. The van der Waals surface area contributed by atoms with Crippen molar-refractivity contribution in [2.45, 2.75) is 0 Å². The van der Waals surface area contributed by atoms with Crippen molar-refractivity contribution in [3.8, 4) is 0 Å². The van der Waals surface area contributed by atoms with E-state index < -0.39 is 0 Å². The van der Waals surface area contributed by atoms with Crippen molar-refractivity contribution in [1.82, 2.24) is 0 Å². The summed E-state index contributed by atoms with van der Waals surface area (Å²) in [5.41, 5.74) is 0. The van der Waals surface area contributed by atoms with Gasteiger partial charge in [-0.05, 0) is 10.9 Å². The molecule has 0 nitrogen and oxygen atoms in total. The van der Waals surface area contributed by atoms with Crippen molar-refractivity contribution >= 4 is 10.9 Å². The largest absolute Gasteiger partial charge is 0.261 e. The van der Waals surface area contributed by atoms with Gasteiger partial charge in [-0.2, -0.15) is 0 Å². The summed E-state index contributed by atoms with van der Waals surface area (Å²) in [6, 6.07) is 0. The Morgan fingerprint density at radius 2 is 1.00 bits per heavy atom. The lowest BCUT2D eigenvalue weighted by molar-refractivity contribution is -0.597. The van der Waals surface area contributed by atoms with E-state index in [1.807, 2.05) is 0 Å². The summed E-state index contributed by atoms with van der Waals surface area (Å²) in [6.07, 6.45) is 6.58. The molecule has 0 fully saturated rings. The van der Waals surface area contributed by atoms with Gasteiger partial charge in [-0.3, -0.25) is 0 Å². The number of hydrogen-bond acceptors (Lipinski definition) is 0. The van der Waals surface area contributed by atoms with E-state index in [9.17, 15) is 0 Å². The molecule has 0 spiro atoms. The van der Waals surface area contributed by atoms with Gasteiger partial charge in [-0.25, -0.2) is 0 Å². The number of hydrogen-bond donors (Lipinski definition) is 0. The van der Waals surface area contributed by atoms with E-state index in [1.165, 1.54) is 0 Å². The topological polar surface area (TPSA) is 0 Å². The zero-order valence-electron chi connectivity index (χ0n) is 5.79. The summed E-state index contributed by atoms with van der Waals surface area (Å²) in [5.74, 6) is 0. The molecule has 0 unspecified atom stereocenters. The molecule has 7 heavy (non-hydrogen) atoms. The molecule has 0 N–H and O–H groups in total. The van der Waals surface area contributed by atoms with E-state index in [0.717, 1.165) is 0 Å². The fourth-order valence-corrected chi connectivity index (χ4v) is 0. The van der Waals surface area contributed by atoms with Gasteiger partial charge in [-0.15, -0.1) is 0 Å². The van der Waals surface area contributed by atoms with Crippen LogP contribution in [0.2, 0.25) is 0 Å². The maximum atomic E-state index is 2.24. The Labute approximate surface area is 60.7 Å². The molecule has 0 heterocycles. The average molecular weight is 234 g/mol. The number of halogens is 1. The first kappa shape index (κ1) is 11.0. The van der Waals surface area contributed by atoms with Crippen LogP contribution in [0.15, 0.2) is 0 Å². The van der Waals surface area contributed by atoms with E-state index in [-0.39, 0.29) is 0 Å². The van der Waals surface area contributed by atoms with Crippen LogP contribution < -0.4 is 21.2 Å². The summed E-state index contributed by atoms with van der Waals surface area (Å²) in [6.45, 7) is 0. The molecule has 0 saturated heterocycles. The SMILES string of the molecule is C[I+]C.C[S+](C)C. The van der Waals surface area contributed by atoms with Crippen molar-refractivity contribution < 1.29 is 21.2 Å². The fraction of sp³-hybridized carbons (Fsp3) is 1.00. The Bertz CT molecular complexity index is 19.3. The first-order valence-corrected chi connectivity index (χ1v) is 8.75. The van der Waals surface area contributed by atoms with E-state index in [1.54, 1.807) is 0 Å². The first-order chi connectivity index (χ1) is 3.15. The number of rotatable bonds is 0.